The molecule has 3 aromatic heterocycles. The summed E-state index contributed by atoms with van der Waals surface area (Å²) in [6, 6.07) is 6.43. The average molecular weight is 376 g/mol. The van der Waals surface area contributed by atoms with Crippen molar-refractivity contribution in [2.75, 3.05) is 0 Å². The van der Waals surface area contributed by atoms with Crippen molar-refractivity contribution in [2.24, 2.45) is 0 Å². The summed E-state index contributed by atoms with van der Waals surface area (Å²) in [4.78, 5) is 34.0. The second kappa shape index (κ2) is 5.96. The minimum absolute atomic E-state index is 0.0524. The fourth-order valence-electron chi connectivity index (χ4n) is 2.19. The minimum atomic E-state index is -0.420. The number of thiophene rings is 1. The van der Waals surface area contributed by atoms with E-state index in [2.05, 4.69) is 15.0 Å². The predicted octanol–water partition coefficient (Wildman–Crippen LogP) is 3.79. The summed E-state index contributed by atoms with van der Waals surface area (Å²) >= 11 is 4.19. The third kappa shape index (κ3) is 2.79. The first-order valence-corrected chi connectivity index (χ1v) is 9.42. The average Bonchev–Trinajstić information content (AvgIpc) is 3.18. The number of non-ortho nitro benzene ring substituents is 1. The number of rotatable bonds is 4. The molecule has 4 aromatic rings. The van der Waals surface area contributed by atoms with Gasteiger partial charge in [0.15, 0.2) is 4.34 Å². The maximum absolute atomic E-state index is 11.9. The molecular weight excluding hydrogens is 368 g/mol. The Morgan fingerprint density at radius 2 is 2.12 bits per heavy atom. The largest absolute Gasteiger partial charge is 0.309 e. The molecule has 4 rings (SSSR count). The molecule has 0 fully saturated rings. The quantitative estimate of drug-likeness (QED) is 0.330. The van der Waals surface area contributed by atoms with E-state index < -0.39 is 4.92 Å². The lowest BCUT2D eigenvalue weighted by atomic mass is 10.3. The van der Waals surface area contributed by atoms with E-state index in [9.17, 15) is 14.9 Å². The summed E-state index contributed by atoms with van der Waals surface area (Å²) in [5, 5.41) is 12.7. The van der Waals surface area contributed by atoms with Gasteiger partial charge in [-0.25, -0.2) is 9.97 Å². The lowest BCUT2D eigenvalue weighted by Gasteiger charge is -1.98. The Morgan fingerprint density at radius 1 is 1.25 bits per heavy atom. The van der Waals surface area contributed by atoms with Gasteiger partial charge in [0.2, 0.25) is 0 Å². The first-order chi connectivity index (χ1) is 11.6. The van der Waals surface area contributed by atoms with Gasteiger partial charge in [0.25, 0.3) is 11.2 Å². The summed E-state index contributed by atoms with van der Waals surface area (Å²) in [5.41, 5.74) is 1.34. The van der Waals surface area contributed by atoms with Crippen LogP contribution in [0.2, 0.25) is 0 Å². The second-order valence-electron chi connectivity index (χ2n) is 4.83. The molecule has 1 N–H and O–H groups in total. The standard InChI is InChI=1S/C14H8N4O3S3/c19-13-12-9(3-4-22-12)15-11(17-13)6-23-14-16-8-2-1-7(18(20)21)5-10(8)24-14/h1-5H,6H2,(H,15,17,19). The van der Waals surface area contributed by atoms with E-state index in [1.165, 1.54) is 46.6 Å². The molecule has 0 amide bonds. The molecule has 7 nitrogen and oxygen atoms in total. The molecular formula is C14H8N4O3S3. The van der Waals surface area contributed by atoms with Gasteiger partial charge < -0.3 is 4.98 Å². The Kier molecular flexibility index (Phi) is 3.79. The van der Waals surface area contributed by atoms with Crippen LogP contribution in [0.5, 0.6) is 0 Å². The van der Waals surface area contributed by atoms with Crippen LogP contribution in [-0.2, 0) is 5.75 Å². The first kappa shape index (κ1) is 15.2. The summed E-state index contributed by atoms with van der Waals surface area (Å²) in [5.74, 6) is 1.06. The third-order valence-electron chi connectivity index (χ3n) is 3.26. The molecule has 10 heteroatoms. The molecule has 0 saturated carbocycles. The molecule has 24 heavy (non-hydrogen) atoms. The van der Waals surface area contributed by atoms with Gasteiger partial charge in [-0.2, -0.15) is 0 Å². The number of nitrogens with one attached hydrogen (secondary N) is 1. The molecule has 0 aliphatic heterocycles. The first-order valence-electron chi connectivity index (χ1n) is 6.74. The Morgan fingerprint density at radius 3 is 2.96 bits per heavy atom. The van der Waals surface area contributed by atoms with Crippen molar-refractivity contribution in [1.29, 1.82) is 0 Å². The zero-order valence-corrected chi connectivity index (χ0v) is 14.3. The zero-order chi connectivity index (χ0) is 16.7. The van der Waals surface area contributed by atoms with E-state index in [-0.39, 0.29) is 11.2 Å². The van der Waals surface area contributed by atoms with Crippen LogP contribution in [0.15, 0.2) is 38.8 Å². The maximum atomic E-state index is 11.9. The van der Waals surface area contributed by atoms with Crippen LogP contribution in [0.3, 0.4) is 0 Å². The topological polar surface area (TPSA) is 102 Å². The maximum Gasteiger partial charge on any atom is 0.270 e. The highest BCUT2D eigenvalue weighted by atomic mass is 32.2. The van der Waals surface area contributed by atoms with E-state index in [0.717, 1.165) is 14.6 Å². The fraction of sp³-hybridized carbons (Fsp3) is 0.0714. The van der Waals surface area contributed by atoms with Gasteiger partial charge in [0.05, 0.1) is 26.4 Å². The normalized spacial score (nSPS) is 11.3. The number of aromatic amines is 1. The van der Waals surface area contributed by atoms with Crippen molar-refractivity contribution in [3.63, 3.8) is 0 Å². The molecule has 3 heterocycles. The highest BCUT2D eigenvalue weighted by molar-refractivity contribution is 8.00. The second-order valence-corrected chi connectivity index (χ2v) is 7.99. The van der Waals surface area contributed by atoms with Crippen molar-refractivity contribution >= 4 is 60.6 Å². The monoisotopic (exact) mass is 376 g/mol. The predicted molar refractivity (Wildman–Crippen MR) is 96.1 cm³/mol. The summed E-state index contributed by atoms with van der Waals surface area (Å²) in [6.07, 6.45) is 0. The number of aromatic nitrogens is 3. The molecule has 120 valence electrons. The number of nitro benzene ring substituents is 1. The van der Waals surface area contributed by atoms with Gasteiger partial charge in [-0.1, -0.05) is 11.8 Å². The smallest absolute Gasteiger partial charge is 0.270 e. The van der Waals surface area contributed by atoms with E-state index in [4.69, 9.17) is 0 Å². The molecule has 1 aromatic carbocycles. The molecule has 0 radical (unpaired) electrons. The Bertz CT molecular complexity index is 1130. The zero-order valence-electron chi connectivity index (χ0n) is 11.9. The lowest BCUT2D eigenvalue weighted by molar-refractivity contribution is -0.384. The van der Waals surface area contributed by atoms with Gasteiger partial charge >= 0.3 is 0 Å². The van der Waals surface area contributed by atoms with Crippen molar-refractivity contribution in [2.45, 2.75) is 10.1 Å². The Balaban J connectivity index is 1.59. The number of hydrogen-bond acceptors (Lipinski definition) is 8. The number of thiazole rings is 1. The SMILES string of the molecule is O=c1[nH]c(CSc2nc3ccc([N+](=O)[O-])cc3s2)nc2ccsc12. The Hall–Kier alpha value is -2.30. The Labute approximate surface area is 146 Å². The van der Waals surface area contributed by atoms with E-state index >= 15 is 0 Å². The fourth-order valence-corrected chi connectivity index (χ4v) is 4.88. The van der Waals surface area contributed by atoms with Gasteiger partial charge in [-0.3, -0.25) is 14.9 Å². The van der Waals surface area contributed by atoms with Gasteiger partial charge in [-0.05, 0) is 17.5 Å². The van der Waals surface area contributed by atoms with Gasteiger partial charge in [0.1, 0.15) is 10.5 Å². The van der Waals surface area contributed by atoms with E-state index in [1.54, 1.807) is 6.07 Å². The molecule has 0 spiro atoms. The molecule has 0 aliphatic rings. The lowest BCUT2D eigenvalue weighted by Crippen LogP contribution is -2.09. The van der Waals surface area contributed by atoms with Crippen LogP contribution < -0.4 is 5.56 Å². The number of H-pyrrole nitrogens is 1. The molecule has 0 atom stereocenters. The van der Waals surface area contributed by atoms with E-state index in [0.29, 0.717) is 21.8 Å². The van der Waals surface area contributed by atoms with Crippen molar-refractivity contribution < 1.29 is 4.92 Å². The molecule has 0 bridgehead atoms. The van der Waals surface area contributed by atoms with E-state index in [1.807, 2.05) is 11.4 Å². The van der Waals surface area contributed by atoms with Crippen LogP contribution in [-0.4, -0.2) is 19.9 Å². The number of nitro groups is 1. The highest BCUT2D eigenvalue weighted by Crippen LogP contribution is 2.33. The number of thioether (sulfide) groups is 1. The summed E-state index contributed by atoms with van der Waals surface area (Å²) in [7, 11) is 0. The number of hydrogen-bond donors (Lipinski definition) is 1. The number of fused-ring (bicyclic) bond motifs is 2. The molecule has 0 saturated heterocycles. The van der Waals surface area contributed by atoms with Crippen LogP contribution in [0, 0.1) is 10.1 Å². The third-order valence-corrected chi connectivity index (χ3v) is 6.33. The highest BCUT2D eigenvalue weighted by Gasteiger charge is 2.11. The van der Waals surface area contributed by atoms with Crippen molar-refractivity contribution in [1.82, 2.24) is 15.0 Å². The summed E-state index contributed by atoms with van der Waals surface area (Å²) in [6.45, 7) is 0. The van der Waals surface area contributed by atoms with Crippen LogP contribution in [0.25, 0.3) is 20.4 Å². The molecule has 0 unspecified atom stereocenters. The van der Waals surface area contributed by atoms with Crippen LogP contribution in [0.4, 0.5) is 5.69 Å². The molecule has 0 aliphatic carbocycles. The van der Waals surface area contributed by atoms with Crippen molar-refractivity contribution in [3.8, 4) is 0 Å². The summed E-state index contributed by atoms with van der Waals surface area (Å²) < 4.78 is 2.16. The van der Waals surface area contributed by atoms with Crippen molar-refractivity contribution in [3.05, 3.63) is 55.9 Å². The van der Waals surface area contributed by atoms with Crippen LogP contribution in [0.1, 0.15) is 5.82 Å². The van der Waals surface area contributed by atoms with Gasteiger partial charge in [0, 0.05) is 12.1 Å². The van der Waals surface area contributed by atoms with Gasteiger partial charge in [-0.15, -0.1) is 22.7 Å². The van der Waals surface area contributed by atoms with Crippen LogP contribution >= 0.6 is 34.4 Å². The number of nitrogens with zero attached hydrogens (tertiary/aromatic N) is 3. The minimum Gasteiger partial charge on any atom is -0.309 e. The number of benzene rings is 1.